The van der Waals surface area contributed by atoms with Gasteiger partial charge >= 0.3 is 6.18 Å². The quantitative estimate of drug-likeness (QED) is 0.859. The molecule has 2 aromatic carbocycles. The zero-order valence-electron chi connectivity index (χ0n) is 14.3. The third-order valence-electron chi connectivity index (χ3n) is 4.42. The molecule has 0 aromatic heterocycles. The maximum absolute atomic E-state index is 12.9. The number of anilines is 2. The number of halogens is 3. The summed E-state index contributed by atoms with van der Waals surface area (Å²) in [5.74, 6) is -1.04. The van der Waals surface area contributed by atoms with Gasteiger partial charge in [-0.25, -0.2) is 0 Å². The van der Waals surface area contributed by atoms with E-state index in [1.165, 1.54) is 12.1 Å². The Morgan fingerprint density at radius 1 is 1.15 bits per heavy atom. The molecule has 1 heterocycles. The summed E-state index contributed by atoms with van der Waals surface area (Å²) in [4.78, 5) is 25.6. The lowest BCUT2D eigenvalue weighted by molar-refractivity contribution is -0.137. The first-order valence-corrected chi connectivity index (χ1v) is 8.39. The van der Waals surface area contributed by atoms with Crippen molar-refractivity contribution >= 4 is 23.2 Å². The Hall–Kier alpha value is -3.03. The predicted molar refractivity (Wildman–Crippen MR) is 95.6 cm³/mol. The topological polar surface area (TPSA) is 75.4 Å². The van der Waals surface area contributed by atoms with Gasteiger partial charge in [-0.3, -0.25) is 9.59 Å². The van der Waals surface area contributed by atoms with Gasteiger partial charge in [-0.15, -0.1) is 0 Å². The van der Waals surface area contributed by atoms with E-state index < -0.39 is 17.6 Å². The van der Waals surface area contributed by atoms with E-state index in [9.17, 15) is 22.8 Å². The fourth-order valence-electron chi connectivity index (χ4n) is 3.19. The van der Waals surface area contributed by atoms with Crippen molar-refractivity contribution in [1.82, 2.24) is 0 Å². The number of nitrogens with zero attached hydrogens (tertiary/aromatic N) is 1. The van der Waals surface area contributed by atoms with E-state index in [0.717, 1.165) is 12.1 Å². The number of primary amides is 1. The Morgan fingerprint density at radius 3 is 2.59 bits per heavy atom. The zero-order chi connectivity index (χ0) is 19.6. The van der Waals surface area contributed by atoms with Crippen molar-refractivity contribution in [3.05, 3.63) is 59.2 Å². The Morgan fingerprint density at radius 2 is 1.89 bits per heavy atom. The molecule has 3 rings (SSSR count). The molecule has 8 heteroatoms. The number of nitrogens with one attached hydrogen (secondary N) is 1. The fourth-order valence-corrected chi connectivity index (χ4v) is 3.19. The van der Waals surface area contributed by atoms with Crippen molar-refractivity contribution in [2.24, 2.45) is 5.73 Å². The molecule has 0 atom stereocenters. The van der Waals surface area contributed by atoms with Crippen LogP contribution in [0.4, 0.5) is 24.5 Å². The number of aryl methyl sites for hydroxylation is 1. The second-order valence-electron chi connectivity index (χ2n) is 6.32. The normalized spacial score (nSPS) is 13.8. The number of para-hydroxylation sites is 1. The Labute approximate surface area is 154 Å². The maximum atomic E-state index is 12.9. The Bertz CT molecular complexity index is 881. The number of carbonyl (C=O) groups excluding carboxylic acids is 2. The van der Waals surface area contributed by atoms with E-state index in [2.05, 4.69) is 5.32 Å². The number of alkyl halides is 3. The lowest BCUT2D eigenvalue weighted by atomic mass is 9.99. The minimum Gasteiger partial charge on any atom is -0.366 e. The lowest BCUT2D eigenvalue weighted by Crippen LogP contribution is -2.37. The van der Waals surface area contributed by atoms with Crippen LogP contribution in [0, 0.1) is 0 Å². The number of amides is 2. The summed E-state index contributed by atoms with van der Waals surface area (Å²) in [5, 5.41) is 2.64. The molecule has 2 amide bonds. The second kappa shape index (κ2) is 7.30. The summed E-state index contributed by atoms with van der Waals surface area (Å²) in [6, 6.07) is 9.94. The first-order chi connectivity index (χ1) is 12.8. The molecule has 0 unspecified atom stereocenters. The van der Waals surface area contributed by atoms with E-state index in [1.807, 2.05) is 0 Å². The third kappa shape index (κ3) is 4.21. The largest absolute Gasteiger partial charge is 0.416 e. The van der Waals surface area contributed by atoms with Crippen molar-refractivity contribution < 1.29 is 22.8 Å². The van der Waals surface area contributed by atoms with E-state index in [4.69, 9.17) is 5.73 Å². The van der Waals surface area contributed by atoms with E-state index in [-0.39, 0.29) is 18.0 Å². The number of benzene rings is 2. The van der Waals surface area contributed by atoms with Gasteiger partial charge in [0.2, 0.25) is 5.91 Å². The first kappa shape index (κ1) is 18.8. The van der Waals surface area contributed by atoms with Crippen LogP contribution in [0.5, 0.6) is 0 Å². The van der Waals surface area contributed by atoms with Gasteiger partial charge < -0.3 is 16.0 Å². The molecule has 2 aromatic rings. The van der Waals surface area contributed by atoms with Gasteiger partial charge in [0.25, 0.3) is 5.91 Å². The summed E-state index contributed by atoms with van der Waals surface area (Å²) in [7, 11) is 0. The predicted octanol–water partition coefficient (Wildman–Crippen LogP) is 3.20. The number of hydrogen-bond donors (Lipinski definition) is 2. The first-order valence-electron chi connectivity index (χ1n) is 8.39. The molecule has 142 valence electrons. The van der Waals surface area contributed by atoms with Crippen LogP contribution in [-0.2, 0) is 17.4 Å². The van der Waals surface area contributed by atoms with Crippen LogP contribution >= 0.6 is 0 Å². The van der Waals surface area contributed by atoms with Gasteiger partial charge in [0.15, 0.2) is 0 Å². The monoisotopic (exact) mass is 377 g/mol. The average molecular weight is 377 g/mol. The second-order valence-corrected chi connectivity index (χ2v) is 6.32. The molecular formula is C19H18F3N3O2. The smallest absolute Gasteiger partial charge is 0.366 e. The standard InChI is InChI=1S/C19H18F3N3O2/c20-19(21,22)13-7-8-16-12(10-13)4-3-9-25(16)11-17(26)24-15-6-2-1-5-14(15)18(23)27/h1-2,5-8,10H,3-4,9,11H2,(H2,23,27)(H,24,26). The fraction of sp³-hybridized carbons (Fsp3) is 0.263. The Balaban J connectivity index is 1.76. The average Bonchev–Trinajstić information content (AvgIpc) is 2.61. The highest BCUT2D eigenvalue weighted by Gasteiger charge is 2.32. The van der Waals surface area contributed by atoms with E-state index in [0.29, 0.717) is 36.3 Å². The molecular weight excluding hydrogens is 359 g/mol. The molecule has 0 saturated heterocycles. The molecule has 27 heavy (non-hydrogen) atoms. The van der Waals surface area contributed by atoms with Crippen molar-refractivity contribution in [2.75, 3.05) is 23.3 Å². The minimum absolute atomic E-state index is 0.0362. The Kier molecular flexibility index (Phi) is 5.07. The van der Waals surface area contributed by atoms with Gasteiger partial charge in [0, 0.05) is 12.2 Å². The van der Waals surface area contributed by atoms with Gasteiger partial charge in [-0.05, 0) is 48.7 Å². The van der Waals surface area contributed by atoms with E-state index in [1.54, 1.807) is 23.1 Å². The van der Waals surface area contributed by atoms with Crippen LogP contribution in [0.15, 0.2) is 42.5 Å². The highest BCUT2D eigenvalue weighted by Crippen LogP contribution is 2.35. The summed E-state index contributed by atoms with van der Waals surface area (Å²) in [6.07, 6.45) is -3.21. The zero-order valence-corrected chi connectivity index (χ0v) is 14.3. The highest BCUT2D eigenvalue weighted by atomic mass is 19.4. The molecule has 0 aliphatic carbocycles. The number of hydrogen-bond acceptors (Lipinski definition) is 3. The molecule has 0 saturated carbocycles. The van der Waals surface area contributed by atoms with Crippen LogP contribution < -0.4 is 16.0 Å². The highest BCUT2D eigenvalue weighted by molar-refractivity contribution is 6.03. The molecule has 0 bridgehead atoms. The number of nitrogens with two attached hydrogens (primary N) is 1. The van der Waals surface area contributed by atoms with Crippen molar-refractivity contribution in [3.63, 3.8) is 0 Å². The third-order valence-corrected chi connectivity index (χ3v) is 4.42. The van der Waals surface area contributed by atoms with Crippen LogP contribution in [0.25, 0.3) is 0 Å². The van der Waals surface area contributed by atoms with Crippen LogP contribution in [0.3, 0.4) is 0 Å². The molecule has 0 fully saturated rings. The van der Waals surface area contributed by atoms with Gasteiger partial charge in [-0.2, -0.15) is 13.2 Å². The summed E-state index contributed by atoms with van der Waals surface area (Å²) < 4.78 is 38.7. The van der Waals surface area contributed by atoms with Crippen LogP contribution in [0.2, 0.25) is 0 Å². The van der Waals surface area contributed by atoms with Crippen molar-refractivity contribution in [2.45, 2.75) is 19.0 Å². The maximum Gasteiger partial charge on any atom is 0.416 e. The summed E-state index contributed by atoms with van der Waals surface area (Å²) >= 11 is 0. The molecule has 0 radical (unpaired) electrons. The van der Waals surface area contributed by atoms with Crippen molar-refractivity contribution in [1.29, 1.82) is 0 Å². The van der Waals surface area contributed by atoms with E-state index >= 15 is 0 Å². The molecule has 1 aliphatic heterocycles. The number of rotatable bonds is 4. The molecule has 0 spiro atoms. The molecule has 3 N–H and O–H groups in total. The lowest BCUT2D eigenvalue weighted by Gasteiger charge is -2.31. The van der Waals surface area contributed by atoms with Crippen LogP contribution in [-0.4, -0.2) is 24.9 Å². The minimum atomic E-state index is -4.40. The summed E-state index contributed by atoms with van der Waals surface area (Å²) in [6.45, 7) is 0.523. The van der Waals surface area contributed by atoms with Gasteiger partial charge in [0.1, 0.15) is 0 Å². The molecule has 5 nitrogen and oxygen atoms in total. The number of fused-ring (bicyclic) bond motifs is 1. The van der Waals surface area contributed by atoms with Gasteiger partial charge in [0.05, 0.1) is 23.4 Å². The molecule has 1 aliphatic rings. The summed E-state index contributed by atoms with van der Waals surface area (Å²) in [5.41, 5.74) is 6.29. The van der Waals surface area contributed by atoms with Crippen molar-refractivity contribution in [3.8, 4) is 0 Å². The number of carbonyl (C=O) groups is 2. The van der Waals surface area contributed by atoms with Gasteiger partial charge in [-0.1, -0.05) is 12.1 Å². The van der Waals surface area contributed by atoms with Crippen LogP contribution in [0.1, 0.15) is 27.9 Å². The SMILES string of the molecule is NC(=O)c1ccccc1NC(=O)CN1CCCc2cc(C(F)(F)F)ccc21.